The Balaban J connectivity index is 4.49. The van der Waals surface area contributed by atoms with Crippen LogP contribution < -0.4 is 0 Å². The summed E-state index contributed by atoms with van der Waals surface area (Å²) in [7, 11) is 0. The number of allylic oxidation sites excluding steroid dienone is 24. The lowest BCUT2D eigenvalue weighted by molar-refractivity contribution is -0.166. The van der Waals surface area contributed by atoms with Crippen molar-refractivity contribution < 1.29 is 28.6 Å². The standard InChI is InChI=1S/C69H110O6/c1-4-7-10-13-16-19-22-25-27-29-31-33-34-36-37-39-41-44-47-50-53-56-59-62-68(71)74-65-66(64-73-67(70)61-58-55-52-49-46-43-24-21-18-15-12-9-6-3)75-69(72)63-60-57-54-51-48-45-42-40-38-35-32-30-28-26-23-20-17-14-11-8-5-2/h8-9,11-12,17-18,20-22,25-26,28-29,31-32,35,40,42-43,46,48,51-52,55,66H,4-7,10,13-16,19,23-24,27,30,33-34,36-39,41,44-45,47,49-50,53-54,56-65H2,1-3H3/b11-8-,12-9-,20-17-,21-18-,25-22-,28-26-,31-29-,35-32-,42-40-,46-43-,51-48-,55-52-. The number of carbonyl (C=O) groups excluding carboxylic acids is 3. The average molecular weight is 1040 g/mol. The molecule has 0 rings (SSSR count). The zero-order valence-electron chi connectivity index (χ0n) is 48.3. The van der Waals surface area contributed by atoms with Crippen molar-refractivity contribution in [3.63, 3.8) is 0 Å². The van der Waals surface area contributed by atoms with Gasteiger partial charge in [0.1, 0.15) is 13.2 Å². The van der Waals surface area contributed by atoms with Crippen LogP contribution in [0.15, 0.2) is 146 Å². The van der Waals surface area contributed by atoms with Crippen LogP contribution in [0.2, 0.25) is 0 Å². The summed E-state index contributed by atoms with van der Waals surface area (Å²) in [4.78, 5) is 38.2. The molecule has 0 aromatic rings. The molecule has 0 aromatic carbocycles. The second-order valence-electron chi connectivity index (χ2n) is 19.5. The Labute approximate surface area is 461 Å². The van der Waals surface area contributed by atoms with Gasteiger partial charge in [-0.1, -0.05) is 250 Å². The Hall–Kier alpha value is -4.71. The highest BCUT2D eigenvalue weighted by Crippen LogP contribution is 2.14. The van der Waals surface area contributed by atoms with Crippen LogP contribution in [0.3, 0.4) is 0 Å². The van der Waals surface area contributed by atoms with Crippen LogP contribution in [0.4, 0.5) is 0 Å². The summed E-state index contributed by atoms with van der Waals surface area (Å²) in [5, 5.41) is 0. The third-order valence-corrected chi connectivity index (χ3v) is 12.3. The van der Waals surface area contributed by atoms with Crippen LogP contribution in [0.5, 0.6) is 0 Å². The van der Waals surface area contributed by atoms with Crippen molar-refractivity contribution in [3.05, 3.63) is 146 Å². The number of ether oxygens (including phenoxy) is 3. The minimum Gasteiger partial charge on any atom is -0.462 e. The quantitative estimate of drug-likeness (QED) is 0.0261. The lowest BCUT2D eigenvalue weighted by Crippen LogP contribution is -2.30. The summed E-state index contributed by atoms with van der Waals surface area (Å²) in [5.74, 6) is -1.06. The van der Waals surface area contributed by atoms with E-state index in [0.717, 1.165) is 103 Å². The molecule has 0 aliphatic rings. The fourth-order valence-corrected chi connectivity index (χ4v) is 7.84. The molecule has 1 atom stereocenters. The highest BCUT2D eigenvalue weighted by Gasteiger charge is 2.19. The summed E-state index contributed by atoms with van der Waals surface area (Å²) in [6, 6.07) is 0. The second kappa shape index (κ2) is 61.8. The van der Waals surface area contributed by atoms with E-state index in [-0.39, 0.29) is 44.0 Å². The minimum absolute atomic E-state index is 0.124. The largest absolute Gasteiger partial charge is 0.462 e. The molecule has 0 spiro atoms. The third kappa shape index (κ3) is 60.0. The van der Waals surface area contributed by atoms with Crippen molar-refractivity contribution in [2.45, 2.75) is 258 Å². The van der Waals surface area contributed by atoms with Gasteiger partial charge in [0.15, 0.2) is 6.10 Å². The van der Waals surface area contributed by atoms with Gasteiger partial charge in [-0.05, 0) is 128 Å². The maximum absolute atomic E-state index is 12.9. The number of hydrogen-bond acceptors (Lipinski definition) is 6. The predicted molar refractivity (Wildman–Crippen MR) is 325 cm³/mol. The van der Waals surface area contributed by atoms with Gasteiger partial charge < -0.3 is 14.2 Å². The molecule has 0 bridgehead atoms. The molecule has 0 amide bonds. The van der Waals surface area contributed by atoms with Gasteiger partial charge in [0, 0.05) is 19.3 Å². The first-order valence-corrected chi connectivity index (χ1v) is 30.3. The van der Waals surface area contributed by atoms with Crippen LogP contribution in [0, 0.1) is 0 Å². The van der Waals surface area contributed by atoms with Crippen LogP contribution in [0.1, 0.15) is 252 Å². The first-order valence-electron chi connectivity index (χ1n) is 30.3. The zero-order chi connectivity index (χ0) is 54.3. The zero-order valence-corrected chi connectivity index (χ0v) is 48.3. The topological polar surface area (TPSA) is 78.9 Å². The van der Waals surface area contributed by atoms with E-state index in [4.69, 9.17) is 14.2 Å². The molecule has 6 nitrogen and oxygen atoms in total. The first-order chi connectivity index (χ1) is 37.0. The number of hydrogen-bond donors (Lipinski definition) is 0. The molecule has 0 N–H and O–H groups in total. The molecule has 0 saturated carbocycles. The Kier molecular flexibility index (Phi) is 58.0. The second-order valence-corrected chi connectivity index (χ2v) is 19.5. The summed E-state index contributed by atoms with van der Waals surface area (Å²) in [6.07, 6.45) is 88.6. The average Bonchev–Trinajstić information content (AvgIpc) is 3.41. The third-order valence-electron chi connectivity index (χ3n) is 12.3. The highest BCUT2D eigenvalue weighted by atomic mass is 16.6. The normalized spacial score (nSPS) is 13.2. The van der Waals surface area contributed by atoms with E-state index >= 15 is 0 Å². The number of unbranched alkanes of at least 4 members (excludes halogenated alkanes) is 18. The molecule has 75 heavy (non-hydrogen) atoms. The van der Waals surface area contributed by atoms with Crippen molar-refractivity contribution >= 4 is 17.9 Å². The molecule has 422 valence electrons. The fourth-order valence-electron chi connectivity index (χ4n) is 7.84. The molecule has 0 heterocycles. The van der Waals surface area contributed by atoms with Crippen molar-refractivity contribution in [2.24, 2.45) is 0 Å². The molecule has 0 aliphatic carbocycles. The van der Waals surface area contributed by atoms with E-state index in [0.29, 0.717) is 19.3 Å². The van der Waals surface area contributed by atoms with Crippen molar-refractivity contribution in [1.82, 2.24) is 0 Å². The van der Waals surface area contributed by atoms with Crippen molar-refractivity contribution in [1.29, 1.82) is 0 Å². The monoisotopic (exact) mass is 1030 g/mol. The molecule has 0 saturated heterocycles. The predicted octanol–water partition coefficient (Wildman–Crippen LogP) is 20.8. The van der Waals surface area contributed by atoms with E-state index in [9.17, 15) is 14.4 Å². The van der Waals surface area contributed by atoms with E-state index in [2.05, 4.69) is 154 Å². The van der Waals surface area contributed by atoms with Gasteiger partial charge in [-0.25, -0.2) is 0 Å². The van der Waals surface area contributed by atoms with E-state index in [1.54, 1.807) is 0 Å². The molecule has 0 fully saturated rings. The maximum atomic E-state index is 12.9. The fraction of sp³-hybridized carbons (Fsp3) is 0.609. The SMILES string of the molecule is CC/C=C\C/C=C\C/C=C\C/C=C\C/C=C\C/C=C\CCCCC(=O)OC(COC(=O)CC/C=C\C/C=C\C/C=C\C/C=C\CC)COC(=O)CCCCCCCCCCCCC/C=C\C/C=C\CCCCCCC. The lowest BCUT2D eigenvalue weighted by Gasteiger charge is -2.18. The van der Waals surface area contributed by atoms with Crippen LogP contribution in [-0.4, -0.2) is 37.2 Å². The maximum Gasteiger partial charge on any atom is 0.306 e. The molecular formula is C69H110O6. The molecule has 0 aliphatic heterocycles. The molecular weight excluding hydrogens is 925 g/mol. The summed E-state index contributed by atoms with van der Waals surface area (Å²) in [5.41, 5.74) is 0. The van der Waals surface area contributed by atoms with Crippen LogP contribution in [0.25, 0.3) is 0 Å². The van der Waals surface area contributed by atoms with Crippen molar-refractivity contribution in [3.8, 4) is 0 Å². The van der Waals surface area contributed by atoms with Gasteiger partial charge in [0.05, 0.1) is 0 Å². The minimum atomic E-state index is -0.838. The van der Waals surface area contributed by atoms with Gasteiger partial charge in [0.25, 0.3) is 0 Å². The smallest absolute Gasteiger partial charge is 0.306 e. The Morgan fingerprint density at radius 2 is 0.547 bits per heavy atom. The van der Waals surface area contributed by atoms with Gasteiger partial charge in [-0.15, -0.1) is 0 Å². The molecule has 0 radical (unpaired) electrons. The number of esters is 3. The Morgan fingerprint density at radius 1 is 0.280 bits per heavy atom. The Morgan fingerprint density at radius 3 is 0.920 bits per heavy atom. The van der Waals surface area contributed by atoms with Gasteiger partial charge in [-0.2, -0.15) is 0 Å². The molecule has 1 unspecified atom stereocenters. The van der Waals surface area contributed by atoms with E-state index < -0.39 is 6.10 Å². The van der Waals surface area contributed by atoms with E-state index in [1.807, 2.05) is 12.2 Å². The molecule has 0 aromatic heterocycles. The Bertz CT molecular complexity index is 1660. The van der Waals surface area contributed by atoms with Gasteiger partial charge >= 0.3 is 17.9 Å². The summed E-state index contributed by atoms with van der Waals surface area (Å²) < 4.78 is 16.8. The summed E-state index contributed by atoms with van der Waals surface area (Å²) >= 11 is 0. The molecule has 6 heteroatoms. The van der Waals surface area contributed by atoms with Crippen LogP contribution >= 0.6 is 0 Å². The number of rotatable bonds is 53. The van der Waals surface area contributed by atoms with Crippen LogP contribution in [-0.2, 0) is 28.6 Å². The number of carbonyl (C=O) groups is 3. The van der Waals surface area contributed by atoms with Gasteiger partial charge in [0.2, 0.25) is 0 Å². The van der Waals surface area contributed by atoms with Gasteiger partial charge in [-0.3, -0.25) is 14.4 Å². The highest BCUT2D eigenvalue weighted by molar-refractivity contribution is 5.71. The lowest BCUT2D eigenvalue weighted by atomic mass is 10.0. The van der Waals surface area contributed by atoms with E-state index in [1.165, 1.54) is 96.3 Å². The first kappa shape index (κ1) is 70.3. The van der Waals surface area contributed by atoms with Crippen molar-refractivity contribution in [2.75, 3.05) is 13.2 Å². The summed E-state index contributed by atoms with van der Waals surface area (Å²) in [6.45, 7) is 6.29.